The molecule has 0 aliphatic rings. The Bertz CT molecular complexity index is 940. The predicted molar refractivity (Wildman–Crippen MR) is 80.7 cm³/mol. The second-order valence-electron chi connectivity index (χ2n) is 4.26. The highest BCUT2D eigenvalue weighted by atomic mass is 32.2. The third-order valence-corrected chi connectivity index (χ3v) is 4.35. The van der Waals surface area contributed by atoms with Gasteiger partial charge in [0.15, 0.2) is 0 Å². The summed E-state index contributed by atoms with van der Waals surface area (Å²) in [7, 11) is -9.40. The summed E-state index contributed by atoms with van der Waals surface area (Å²) >= 11 is 0. The molecule has 0 spiro atoms. The van der Waals surface area contributed by atoms with Crippen LogP contribution in [0.2, 0.25) is 0 Å². The quantitative estimate of drug-likeness (QED) is 0.423. The monoisotopic (exact) mass is 357 g/mol. The van der Waals surface area contributed by atoms with Gasteiger partial charge in [-0.15, -0.1) is 5.11 Å². The van der Waals surface area contributed by atoms with E-state index in [0.29, 0.717) is 11.8 Å². The molecular weight excluding hydrogens is 346 g/mol. The van der Waals surface area contributed by atoms with Gasteiger partial charge in [-0.3, -0.25) is 14.5 Å². The molecule has 3 N–H and O–H groups in total. The molecule has 0 saturated carbocycles. The minimum Gasteiger partial charge on any atom is -0.282 e. The van der Waals surface area contributed by atoms with E-state index >= 15 is 0 Å². The zero-order valence-electron chi connectivity index (χ0n) is 11.4. The lowest BCUT2D eigenvalue weighted by molar-refractivity contribution is 0.481. The molecule has 2 rings (SSSR count). The van der Waals surface area contributed by atoms with Crippen LogP contribution in [0.3, 0.4) is 0 Å². The fraction of sp³-hybridized carbons (Fsp3) is 0. The van der Waals surface area contributed by atoms with E-state index in [1.807, 2.05) is 0 Å². The summed E-state index contributed by atoms with van der Waals surface area (Å²) in [6.07, 6.45) is 0. The molecule has 23 heavy (non-hydrogen) atoms. The summed E-state index contributed by atoms with van der Waals surface area (Å²) in [4.78, 5) is -1.49. The molecule has 0 amide bonds. The van der Waals surface area contributed by atoms with Gasteiger partial charge in [0, 0.05) is 0 Å². The van der Waals surface area contributed by atoms with Gasteiger partial charge in [-0.05, 0) is 30.3 Å². The molecule has 0 radical (unpaired) electrons. The molecule has 122 valence electrons. The van der Waals surface area contributed by atoms with E-state index in [9.17, 15) is 16.8 Å². The summed E-state index contributed by atoms with van der Waals surface area (Å²) < 4.78 is 62.8. The number of hydrogen-bond acceptors (Lipinski definition) is 6. The van der Waals surface area contributed by atoms with Crippen LogP contribution >= 0.6 is 0 Å². The van der Waals surface area contributed by atoms with Gasteiger partial charge in [-0.2, -0.15) is 16.8 Å². The second-order valence-corrected chi connectivity index (χ2v) is 7.07. The van der Waals surface area contributed by atoms with Crippen LogP contribution in [0.25, 0.3) is 0 Å². The van der Waals surface area contributed by atoms with E-state index in [4.69, 9.17) is 9.11 Å². The fourth-order valence-corrected chi connectivity index (χ4v) is 2.82. The Morgan fingerprint density at radius 2 is 1.52 bits per heavy atom. The van der Waals surface area contributed by atoms with Crippen molar-refractivity contribution in [1.82, 2.24) is 0 Å². The SMILES string of the molecule is O=S(=O)(O)c1ccc(N=NNc2ccccc2)c(S(=O)(=O)O)c1. The van der Waals surface area contributed by atoms with Crippen LogP contribution in [-0.4, -0.2) is 25.9 Å². The third kappa shape index (κ3) is 4.56. The van der Waals surface area contributed by atoms with Crippen LogP contribution in [0, 0.1) is 0 Å². The molecule has 0 aromatic heterocycles. The Kier molecular flexibility index (Phi) is 4.75. The summed E-state index contributed by atoms with van der Waals surface area (Å²) in [5, 5.41) is 7.15. The topological polar surface area (TPSA) is 145 Å². The largest absolute Gasteiger partial charge is 0.296 e. The molecule has 0 bridgehead atoms. The molecule has 0 aliphatic heterocycles. The normalized spacial score (nSPS) is 12.4. The summed E-state index contributed by atoms with van der Waals surface area (Å²) in [6, 6.07) is 11.1. The maximum absolute atomic E-state index is 11.3. The number of para-hydroxylation sites is 1. The van der Waals surface area contributed by atoms with Crippen molar-refractivity contribution >= 4 is 31.6 Å². The van der Waals surface area contributed by atoms with E-state index in [1.165, 1.54) is 0 Å². The van der Waals surface area contributed by atoms with E-state index in [-0.39, 0.29) is 5.69 Å². The van der Waals surface area contributed by atoms with E-state index in [1.54, 1.807) is 30.3 Å². The molecule has 0 atom stereocenters. The Balaban J connectivity index is 2.38. The van der Waals surface area contributed by atoms with Crippen LogP contribution in [0.1, 0.15) is 0 Å². The summed E-state index contributed by atoms with van der Waals surface area (Å²) in [5.74, 6) is 0. The van der Waals surface area contributed by atoms with Crippen LogP contribution in [0.4, 0.5) is 11.4 Å². The Morgan fingerprint density at radius 3 is 2.09 bits per heavy atom. The molecule has 11 heteroatoms. The highest BCUT2D eigenvalue weighted by Gasteiger charge is 2.20. The number of anilines is 1. The lowest BCUT2D eigenvalue weighted by atomic mass is 10.3. The van der Waals surface area contributed by atoms with Crippen LogP contribution in [0.15, 0.2) is 68.7 Å². The minimum atomic E-state index is -4.77. The van der Waals surface area contributed by atoms with Crippen LogP contribution < -0.4 is 5.43 Å². The van der Waals surface area contributed by atoms with E-state index in [2.05, 4.69) is 15.8 Å². The zero-order chi connectivity index (χ0) is 17.1. The number of nitrogens with one attached hydrogen (secondary N) is 1. The van der Waals surface area contributed by atoms with Crippen molar-refractivity contribution in [2.75, 3.05) is 5.43 Å². The number of rotatable bonds is 5. The first kappa shape index (κ1) is 17.0. The van der Waals surface area contributed by atoms with Gasteiger partial charge in [0.25, 0.3) is 20.2 Å². The second kappa shape index (κ2) is 6.42. The molecule has 9 nitrogen and oxygen atoms in total. The molecule has 0 aliphatic carbocycles. The van der Waals surface area contributed by atoms with Crippen molar-refractivity contribution in [3.05, 3.63) is 48.5 Å². The molecule has 0 saturated heterocycles. The average Bonchev–Trinajstić information content (AvgIpc) is 2.46. The van der Waals surface area contributed by atoms with E-state index < -0.39 is 30.0 Å². The zero-order valence-corrected chi connectivity index (χ0v) is 13.0. The molecule has 0 heterocycles. The maximum Gasteiger partial charge on any atom is 0.296 e. The van der Waals surface area contributed by atoms with Gasteiger partial charge < -0.3 is 0 Å². The smallest absolute Gasteiger partial charge is 0.282 e. The Labute approximate surface area is 132 Å². The molecule has 0 fully saturated rings. The predicted octanol–water partition coefficient (Wildman–Crippen LogP) is 2.29. The van der Waals surface area contributed by atoms with Gasteiger partial charge >= 0.3 is 0 Å². The number of benzene rings is 2. The molecule has 2 aromatic carbocycles. The van der Waals surface area contributed by atoms with Gasteiger partial charge in [0.05, 0.1) is 10.6 Å². The van der Waals surface area contributed by atoms with Crippen molar-refractivity contribution in [3.8, 4) is 0 Å². The highest BCUT2D eigenvalue weighted by Crippen LogP contribution is 2.27. The Morgan fingerprint density at radius 1 is 0.870 bits per heavy atom. The molecule has 2 aromatic rings. The standard InChI is InChI=1S/C12H11N3O6S2/c16-22(17,18)10-6-7-11(12(8-10)23(19,20)21)14-15-13-9-4-2-1-3-5-9/h1-8H,(H,13,14)(H,16,17,18)(H,19,20,21). The maximum atomic E-state index is 11.3. The minimum absolute atomic E-state index is 0.302. The van der Waals surface area contributed by atoms with Crippen LogP contribution in [0.5, 0.6) is 0 Å². The van der Waals surface area contributed by atoms with Gasteiger partial charge in [-0.25, -0.2) is 0 Å². The lowest BCUT2D eigenvalue weighted by Gasteiger charge is -2.04. The third-order valence-electron chi connectivity index (χ3n) is 2.62. The first-order valence-electron chi connectivity index (χ1n) is 5.99. The van der Waals surface area contributed by atoms with Gasteiger partial charge in [-0.1, -0.05) is 23.4 Å². The Hall–Kier alpha value is -2.34. The van der Waals surface area contributed by atoms with Crippen molar-refractivity contribution in [2.24, 2.45) is 10.3 Å². The van der Waals surface area contributed by atoms with Gasteiger partial charge in [0.1, 0.15) is 10.6 Å². The van der Waals surface area contributed by atoms with Crippen molar-refractivity contribution in [1.29, 1.82) is 0 Å². The molecule has 0 unspecified atom stereocenters. The average molecular weight is 357 g/mol. The first-order valence-corrected chi connectivity index (χ1v) is 8.87. The number of hydrogen-bond donors (Lipinski definition) is 3. The number of nitrogens with zero attached hydrogens (tertiary/aromatic N) is 2. The first-order chi connectivity index (χ1) is 10.7. The summed E-state index contributed by atoms with van der Waals surface area (Å²) in [5.41, 5.74) is 2.81. The van der Waals surface area contributed by atoms with Crippen LogP contribution in [-0.2, 0) is 20.2 Å². The lowest BCUT2D eigenvalue weighted by Crippen LogP contribution is -2.03. The van der Waals surface area contributed by atoms with Crippen molar-refractivity contribution < 1.29 is 25.9 Å². The van der Waals surface area contributed by atoms with Gasteiger partial charge in [0.2, 0.25) is 0 Å². The fourth-order valence-electron chi connectivity index (χ4n) is 1.59. The summed E-state index contributed by atoms with van der Waals surface area (Å²) in [6.45, 7) is 0. The molecular formula is C12H11N3O6S2. The van der Waals surface area contributed by atoms with Crippen molar-refractivity contribution in [3.63, 3.8) is 0 Å². The van der Waals surface area contributed by atoms with E-state index in [0.717, 1.165) is 12.1 Å². The highest BCUT2D eigenvalue weighted by molar-refractivity contribution is 7.86. The van der Waals surface area contributed by atoms with Crippen molar-refractivity contribution in [2.45, 2.75) is 9.79 Å².